The van der Waals surface area contributed by atoms with E-state index in [0.717, 1.165) is 31.2 Å². The van der Waals surface area contributed by atoms with Gasteiger partial charge in [-0.15, -0.1) is 0 Å². The van der Waals surface area contributed by atoms with Crippen LogP contribution in [0.2, 0.25) is 0 Å². The molecule has 1 aromatic heterocycles. The number of unbranched alkanes of at least 4 members (excludes halogenated alkanes) is 2. The number of rotatable bonds is 12. The zero-order valence-corrected chi connectivity index (χ0v) is 17.7. The topological polar surface area (TPSA) is 94.6 Å². The first-order chi connectivity index (χ1) is 14.0. The molecular formula is C21H28N2O5S. The third-order valence-electron chi connectivity index (χ3n) is 4.71. The molecule has 1 heterocycles. The number of carbonyl (C=O) groups is 1. The van der Waals surface area contributed by atoms with Crippen molar-refractivity contribution in [2.45, 2.75) is 42.9 Å². The van der Waals surface area contributed by atoms with Crippen molar-refractivity contribution in [3.63, 3.8) is 0 Å². The number of benzene rings is 1. The number of carbonyl (C=O) groups excluding carboxylic acids is 1. The fourth-order valence-corrected chi connectivity index (χ4v) is 4.07. The van der Waals surface area contributed by atoms with Crippen LogP contribution in [-0.2, 0) is 19.6 Å². The smallest absolute Gasteiger partial charge is 0.305 e. The van der Waals surface area contributed by atoms with E-state index in [1.54, 1.807) is 24.5 Å². The van der Waals surface area contributed by atoms with Crippen molar-refractivity contribution in [3.8, 4) is 5.75 Å². The molecule has 1 aromatic carbocycles. The Morgan fingerprint density at radius 3 is 2.48 bits per heavy atom. The molecular weight excluding hydrogens is 392 g/mol. The van der Waals surface area contributed by atoms with E-state index < -0.39 is 10.0 Å². The van der Waals surface area contributed by atoms with Gasteiger partial charge >= 0.3 is 5.97 Å². The molecule has 0 saturated heterocycles. The highest BCUT2D eigenvalue weighted by Gasteiger charge is 2.18. The fourth-order valence-electron chi connectivity index (χ4n) is 2.99. The maximum atomic E-state index is 12.6. The van der Waals surface area contributed by atoms with Crippen molar-refractivity contribution in [2.75, 3.05) is 20.8 Å². The third kappa shape index (κ3) is 7.47. The summed E-state index contributed by atoms with van der Waals surface area (Å²) < 4.78 is 37.7. The van der Waals surface area contributed by atoms with Crippen LogP contribution in [0.25, 0.3) is 0 Å². The van der Waals surface area contributed by atoms with Gasteiger partial charge in [0.25, 0.3) is 0 Å². The maximum Gasteiger partial charge on any atom is 0.305 e. The number of esters is 1. The van der Waals surface area contributed by atoms with E-state index in [9.17, 15) is 13.2 Å². The summed E-state index contributed by atoms with van der Waals surface area (Å²) in [5.74, 6) is 0.389. The largest absolute Gasteiger partial charge is 0.497 e. The Bertz CT molecular complexity index is 854. The lowest BCUT2D eigenvalue weighted by Gasteiger charge is -2.18. The van der Waals surface area contributed by atoms with Crippen LogP contribution in [0.4, 0.5) is 0 Å². The molecule has 158 valence electrons. The van der Waals surface area contributed by atoms with Gasteiger partial charge in [-0.3, -0.25) is 9.78 Å². The first-order valence-corrected chi connectivity index (χ1v) is 11.0. The minimum atomic E-state index is -3.63. The van der Waals surface area contributed by atoms with E-state index in [1.807, 2.05) is 12.1 Å². The number of pyridine rings is 1. The number of nitrogens with zero attached hydrogens (tertiary/aromatic N) is 1. The normalized spacial score (nSPS) is 12.3. The van der Waals surface area contributed by atoms with Crippen molar-refractivity contribution < 1.29 is 22.7 Å². The molecule has 7 nitrogen and oxygen atoms in total. The van der Waals surface area contributed by atoms with E-state index in [1.165, 1.54) is 26.4 Å². The standard InChI is InChI=1S/C21H28N2O5S/c1-27-19-10-12-20(13-11-19)29(25,26)23-16-18(17-8-6-14-22-15-17)7-4-3-5-9-21(24)28-2/h6,8,10-15,18,23H,3-5,7,9,16H2,1-2H3. The number of ether oxygens (including phenoxy) is 2. The molecule has 0 aliphatic heterocycles. The molecule has 0 aliphatic rings. The second-order valence-corrected chi connectivity index (χ2v) is 8.45. The van der Waals surface area contributed by atoms with E-state index >= 15 is 0 Å². The minimum absolute atomic E-state index is 0.00477. The molecule has 1 unspecified atom stereocenters. The highest BCUT2D eigenvalue weighted by atomic mass is 32.2. The number of methoxy groups -OCH3 is 2. The summed E-state index contributed by atoms with van der Waals surface area (Å²) in [4.78, 5) is 15.6. The second-order valence-electron chi connectivity index (χ2n) is 6.69. The number of hydrogen-bond donors (Lipinski definition) is 1. The van der Waals surface area contributed by atoms with E-state index in [2.05, 4.69) is 14.4 Å². The van der Waals surface area contributed by atoms with Crippen LogP contribution in [0.3, 0.4) is 0 Å². The fraction of sp³-hybridized carbons (Fsp3) is 0.429. The summed E-state index contributed by atoms with van der Waals surface area (Å²) >= 11 is 0. The maximum absolute atomic E-state index is 12.6. The van der Waals surface area contributed by atoms with Crippen LogP contribution in [0, 0.1) is 0 Å². The summed E-state index contributed by atoms with van der Waals surface area (Å²) in [5, 5.41) is 0. The number of nitrogens with one attached hydrogen (secondary N) is 1. The molecule has 1 atom stereocenters. The first-order valence-electron chi connectivity index (χ1n) is 9.56. The Morgan fingerprint density at radius 2 is 1.86 bits per heavy atom. The monoisotopic (exact) mass is 420 g/mol. The summed E-state index contributed by atoms with van der Waals surface area (Å²) in [5.41, 5.74) is 0.984. The van der Waals surface area contributed by atoms with Gasteiger partial charge in [-0.1, -0.05) is 18.9 Å². The Balaban J connectivity index is 1.97. The average molecular weight is 421 g/mol. The molecule has 0 saturated carbocycles. The molecule has 0 amide bonds. The van der Waals surface area contributed by atoms with Gasteiger partial charge in [0, 0.05) is 25.4 Å². The van der Waals surface area contributed by atoms with E-state index in [4.69, 9.17) is 4.74 Å². The Labute approximate surface area is 172 Å². The quantitative estimate of drug-likeness (QED) is 0.418. The van der Waals surface area contributed by atoms with E-state index in [-0.39, 0.29) is 23.3 Å². The molecule has 2 rings (SSSR count). The molecule has 0 aliphatic carbocycles. The van der Waals surface area contributed by atoms with Gasteiger partial charge < -0.3 is 9.47 Å². The van der Waals surface area contributed by atoms with Crippen molar-refractivity contribution in [2.24, 2.45) is 0 Å². The van der Waals surface area contributed by atoms with Gasteiger partial charge in [0.15, 0.2) is 0 Å². The van der Waals surface area contributed by atoms with Gasteiger partial charge in [0.05, 0.1) is 19.1 Å². The Kier molecular flexibility index (Phi) is 9.08. The predicted molar refractivity (Wildman–Crippen MR) is 110 cm³/mol. The second kappa shape index (κ2) is 11.5. The van der Waals surface area contributed by atoms with Crippen molar-refractivity contribution in [3.05, 3.63) is 54.4 Å². The van der Waals surface area contributed by atoms with Gasteiger partial charge in [-0.2, -0.15) is 0 Å². The zero-order valence-electron chi connectivity index (χ0n) is 16.8. The van der Waals surface area contributed by atoms with Crippen LogP contribution in [-0.4, -0.2) is 40.1 Å². The lowest BCUT2D eigenvalue weighted by atomic mass is 9.94. The molecule has 29 heavy (non-hydrogen) atoms. The highest BCUT2D eigenvalue weighted by Crippen LogP contribution is 2.23. The number of hydrogen-bond acceptors (Lipinski definition) is 6. The van der Waals surface area contributed by atoms with E-state index in [0.29, 0.717) is 12.2 Å². The third-order valence-corrected chi connectivity index (χ3v) is 6.15. The number of sulfonamides is 1. The first kappa shape index (κ1) is 22.8. The molecule has 8 heteroatoms. The van der Waals surface area contributed by atoms with Crippen molar-refractivity contribution >= 4 is 16.0 Å². The van der Waals surface area contributed by atoms with Crippen LogP contribution in [0.15, 0.2) is 53.7 Å². The zero-order chi connectivity index (χ0) is 21.1. The molecule has 0 fully saturated rings. The molecule has 0 radical (unpaired) electrons. The lowest BCUT2D eigenvalue weighted by molar-refractivity contribution is -0.140. The Hall–Kier alpha value is -2.45. The van der Waals surface area contributed by atoms with Crippen LogP contribution >= 0.6 is 0 Å². The van der Waals surface area contributed by atoms with Gasteiger partial charge in [-0.25, -0.2) is 13.1 Å². The van der Waals surface area contributed by atoms with Crippen LogP contribution < -0.4 is 9.46 Å². The predicted octanol–water partition coefficient (Wildman–Crippen LogP) is 3.28. The average Bonchev–Trinajstić information content (AvgIpc) is 2.76. The summed E-state index contributed by atoms with van der Waals surface area (Å²) in [7, 11) is -0.708. The van der Waals surface area contributed by atoms with Crippen LogP contribution in [0.1, 0.15) is 43.6 Å². The molecule has 2 aromatic rings. The van der Waals surface area contributed by atoms with Gasteiger partial charge in [-0.05, 0) is 54.7 Å². The number of aromatic nitrogens is 1. The lowest BCUT2D eigenvalue weighted by Crippen LogP contribution is -2.28. The highest BCUT2D eigenvalue weighted by molar-refractivity contribution is 7.89. The summed E-state index contributed by atoms with van der Waals surface area (Å²) in [6.07, 6.45) is 7.15. The SMILES string of the molecule is COC(=O)CCCCCC(CNS(=O)(=O)c1ccc(OC)cc1)c1cccnc1. The van der Waals surface area contributed by atoms with Crippen LogP contribution in [0.5, 0.6) is 5.75 Å². The molecule has 0 bridgehead atoms. The summed E-state index contributed by atoms with van der Waals surface area (Å²) in [6, 6.07) is 10.1. The molecule has 1 N–H and O–H groups in total. The minimum Gasteiger partial charge on any atom is -0.497 e. The van der Waals surface area contributed by atoms with Crippen molar-refractivity contribution in [1.82, 2.24) is 9.71 Å². The van der Waals surface area contributed by atoms with Crippen molar-refractivity contribution in [1.29, 1.82) is 0 Å². The molecule has 0 spiro atoms. The summed E-state index contributed by atoms with van der Waals surface area (Å²) in [6.45, 7) is 0.275. The van der Waals surface area contributed by atoms with Gasteiger partial charge in [0.2, 0.25) is 10.0 Å². The van der Waals surface area contributed by atoms with Gasteiger partial charge in [0.1, 0.15) is 5.75 Å². The Morgan fingerprint density at radius 1 is 1.10 bits per heavy atom.